The molecule has 0 aromatic heterocycles. The third-order valence-electron chi connectivity index (χ3n) is 2.99. The normalized spacial score (nSPS) is 20.6. The standard InChI is InChI=1S/C14H17F3O4/c1-13(2)6-11(18)10-4-3-9(5-12(10)21-13)20-8-19-7-14(15,16)17/h3-5,11,18H,6-8H2,1-2H3. The summed E-state index contributed by atoms with van der Waals surface area (Å²) in [5, 5.41) is 10.0. The molecule has 7 heteroatoms. The molecule has 4 nitrogen and oxygen atoms in total. The molecule has 1 aromatic carbocycles. The summed E-state index contributed by atoms with van der Waals surface area (Å²) in [6, 6.07) is 4.73. The zero-order chi connectivity index (χ0) is 15.7. The summed E-state index contributed by atoms with van der Waals surface area (Å²) < 4.78 is 50.9. The predicted molar refractivity (Wildman–Crippen MR) is 68.2 cm³/mol. The van der Waals surface area contributed by atoms with Crippen molar-refractivity contribution in [3.8, 4) is 11.5 Å². The maximum atomic E-state index is 11.9. The van der Waals surface area contributed by atoms with Crippen LogP contribution < -0.4 is 9.47 Å². The van der Waals surface area contributed by atoms with Crippen molar-refractivity contribution in [2.24, 2.45) is 0 Å². The molecule has 0 fully saturated rings. The van der Waals surface area contributed by atoms with E-state index in [1.807, 2.05) is 13.8 Å². The summed E-state index contributed by atoms with van der Waals surface area (Å²) in [5.41, 5.74) is 0.121. The van der Waals surface area contributed by atoms with Crippen LogP contribution in [0.1, 0.15) is 31.9 Å². The molecule has 0 saturated heterocycles. The van der Waals surface area contributed by atoms with E-state index in [2.05, 4.69) is 4.74 Å². The number of aliphatic hydroxyl groups excluding tert-OH is 1. The smallest absolute Gasteiger partial charge is 0.411 e. The van der Waals surface area contributed by atoms with Gasteiger partial charge in [-0.25, -0.2) is 0 Å². The summed E-state index contributed by atoms with van der Waals surface area (Å²) in [4.78, 5) is 0. The van der Waals surface area contributed by atoms with Gasteiger partial charge in [0, 0.05) is 18.1 Å². The molecule has 0 radical (unpaired) electrons. The molecule has 1 aliphatic rings. The number of aliphatic hydroxyl groups is 1. The summed E-state index contributed by atoms with van der Waals surface area (Å²) in [6.07, 6.45) is -4.55. The Morgan fingerprint density at radius 3 is 2.76 bits per heavy atom. The Kier molecular flexibility index (Phi) is 4.34. The summed E-state index contributed by atoms with van der Waals surface area (Å²) in [7, 11) is 0. The molecule has 1 heterocycles. The zero-order valence-electron chi connectivity index (χ0n) is 11.7. The van der Waals surface area contributed by atoms with Crippen molar-refractivity contribution in [1.29, 1.82) is 0 Å². The first-order valence-corrected chi connectivity index (χ1v) is 6.45. The van der Waals surface area contributed by atoms with Crippen LogP contribution >= 0.6 is 0 Å². The highest BCUT2D eigenvalue weighted by molar-refractivity contribution is 5.43. The average Bonchev–Trinajstić information content (AvgIpc) is 2.31. The molecule has 0 aliphatic carbocycles. The monoisotopic (exact) mass is 306 g/mol. The number of alkyl halides is 3. The van der Waals surface area contributed by atoms with Crippen LogP contribution in [-0.2, 0) is 4.74 Å². The third kappa shape index (κ3) is 4.50. The van der Waals surface area contributed by atoms with Gasteiger partial charge in [-0.2, -0.15) is 13.2 Å². The second kappa shape index (κ2) is 5.73. The molecule has 0 spiro atoms. The van der Waals surface area contributed by atoms with Gasteiger partial charge in [-0.15, -0.1) is 0 Å². The van der Waals surface area contributed by atoms with Crippen LogP contribution in [-0.4, -0.2) is 30.3 Å². The van der Waals surface area contributed by atoms with Crippen molar-refractivity contribution in [1.82, 2.24) is 0 Å². The van der Waals surface area contributed by atoms with E-state index in [1.54, 1.807) is 12.1 Å². The highest BCUT2D eigenvalue weighted by Crippen LogP contribution is 2.41. The number of ether oxygens (including phenoxy) is 3. The topological polar surface area (TPSA) is 47.9 Å². The molecular formula is C14H17F3O4. The number of benzene rings is 1. The predicted octanol–water partition coefficient (Wildman–Crippen LogP) is 3.20. The van der Waals surface area contributed by atoms with Crippen molar-refractivity contribution < 1.29 is 32.5 Å². The Balaban J connectivity index is 1.98. The maximum absolute atomic E-state index is 11.9. The van der Waals surface area contributed by atoms with Gasteiger partial charge in [0.1, 0.15) is 23.7 Å². The second-order valence-corrected chi connectivity index (χ2v) is 5.51. The molecule has 1 atom stereocenters. The first-order chi connectivity index (χ1) is 9.66. The highest BCUT2D eigenvalue weighted by atomic mass is 19.4. The number of rotatable bonds is 4. The first-order valence-electron chi connectivity index (χ1n) is 6.45. The van der Waals surface area contributed by atoms with E-state index in [-0.39, 0.29) is 0 Å². The molecule has 2 rings (SSSR count). The largest absolute Gasteiger partial charge is 0.487 e. The minimum atomic E-state index is -4.38. The fourth-order valence-corrected chi connectivity index (χ4v) is 2.15. The van der Waals surface area contributed by atoms with Crippen LogP contribution in [0.5, 0.6) is 11.5 Å². The van der Waals surface area contributed by atoms with Gasteiger partial charge in [0.05, 0.1) is 6.10 Å². The van der Waals surface area contributed by atoms with Gasteiger partial charge in [0.2, 0.25) is 0 Å². The Hall–Kier alpha value is -1.47. The number of fused-ring (bicyclic) bond motifs is 1. The molecule has 0 bridgehead atoms. The van der Waals surface area contributed by atoms with Crippen molar-refractivity contribution in [3.05, 3.63) is 23.8 Å². The minimum absolute atomic E-state index is 0.320. The van der Waals surface area contributed by atoms with E-state index in [9.17, 15) is 18.3 Å². The van der Waals surface area contributed by atoms with Crippen molar-refractivity contribution in [2.45, 2.75) is 38.1 Å². The van der Waals surface area contributed by atoms with E-state index in [4.69, 9.17) is 9.47 Å². The number of halogens is 3. The van der Waals surface area contributed by atoms with Crippen molar-refractivity contribution >= 4 is 0 Å². The van der Waals surface area contributed by atoms with Gasteiger partial charge < -0.3 is 19.3 Å². The molecule has 118 valence electrons. The zero-order valence-corrected chi connectivity index (χ0v) is 11.7. The lowest BCUT2D eigenvalue weighted by atomic mass is 9.92. The summed E-state index contributed by atoms with van der Waals surface area (Å²) in [5.74, 6) is 0.785. The minimum Gasteiger partial charge on any atom is -0.487 e. The Bertz CT molecular complexity index is 499. The van der Waals surface area contributed by atoms with Crippen molar-refractivity contribution in [2.75, 3.05) is 13.4 Å². The van der Waals surface area contributed by atoms with Crippen LogP contribution in [0.2, 0.25) is 0 Å². The van der Waals surface area contributed by atoms with E-state index in [1.165, 1.54) is 6.07 Å². The van der Waals surface area contributed by atoms with Crippen molar-refractivity contribution in [3.63, 3.8) is 0 Å². The molecular weight excluding hydrogens is 289 g/mol. The van der Waals surface area contributed by atoms with Crippen LogP contribution in [0.3, 0.4) is 0 Å². The second-order valence-electron chi connectivity index (χ2n) is 5.51. The quantitative estimate of drug-likeness (QED) is 0.685. The number of hydrogen-bond acceptors (Lipinski definition) is 4. The van der Waals surface area contributed by atoms with E-state index >= 15 is 0 Å². The van der Waals surface area contributed by atoms with Gasteiger partial charge in [0.15, 0.2) is 6.79 Å². The SMILES string of the molecule is CC1(C)CC(O)c2ccc(OCOCC(F)(F)F)cc2O1. The van der Waals surface area contributed by atoms with Gasteiger partial charge in [-0.3, -0.25) is 0 Å². The summed E-state index contributed by atoms with van der Waals surface area (Å²) >= 11 is 0. The number of hydrogen-bond donors (Lipinski definition) is 1. The van der Waals surface area contributed by atoms with E-state index in [0.29, 0.717) is 23.5 Å². The molecule has 1 aliphatic heterocycles. The molecule has 0 amide bonds. The van der Waals surface area contributed by atoms with E-state index < -0.39 is 31.3 Å². The fraction of sp³-hybridized carbons (Fsp3) is 0.571. The van der Waals surface area contributed by atoms with Crippen LogP contribution in [0.25, 0.3) is 0 Å². The van der Waals surface area contributed by atoms with E-state index in [0.717, 1.165) is 0 Å². The lowest BCUT2D eigenvalue weighted by Gasteiger charge is -2.35. The molecule has 1 N–H and O–H groups in total. The fourth-order valence-electron chi connectivity index (χ4n) is 2.15. The van der Waals surface area contributed by atoms with Crippen LogP contribution in [0.15, 0.2) is 18.2 Å². The molecule has 1 unspecified atom stereocenters. The highest BCUT2D eigenvalue weighted by Gasteiger charge is 2.33. The first kappa shape index (κ1) is 15.9. The Morgan fingerprint density at radius 2 is 2.10 bits per heavy atom. The molecule has 21 heavy (non-hydrogen) atoms. The van der Waals surface area contributed by atoms with Crippen LogP contribution in [0.4, 0.5) is 13.2 Å². The van der Waals surface area contributed by atoms with Gasteiger partial charge in [-0.1, -0.05) is 0 Å². The lowest BCUT2D eigenvalue weighted by Crippen LogP contribution is -2.34. The third-order valence-corrected chi connectivity index (χ3v) is 2.99. The molecule has 0 saturated carbocycles. The van der Waals surface area contributed by atoms with Gasteiger partial charge >= 0.3 is 6.18 Å². The molecule has 1 aromatic rings. The summed E-state index contributed by atoms with van der Waals surface area (Å²) in [6.45, 7) is 1.82. The van der Waals surface area contributed by atoms with Gasteiger partial charge in [-0.05, 0) is 26.0 Å². The Labute approximate surface area is 120 Å². The maximum Gasteiger partial charge on any atom is 0.411 e. The van der Waals surface area contributed by atoms with Gasteiger partial charge in [0.25, 0.3) is 0 Å². The lowest BCUT2D eigenvalue weighted by molar-refractivity contribution is -0.186. The average molecular weight is 306 g/mol. The van der Waals surface area contributed by atoms with Crippen LogP contribution in [0, 0.1) is 0 Å². The Morgan fingerprint density at radius 1 is 1.38 bits per heavy atom.